The number of carboxylic acids is 1. The maximum Gasteiger partial charge on any atom is 0.342 e. The summed E-state index contributed by atoms with van der Waals surface area (Å²) in [4.78, 5) is 16.1. The van der Waals surface area contributed by atoms with Crippen LogP contribution < -0.4 is 14.2 Å². The molecule has 3 aromatic rings. The van der Waals surface area contributed by atoms with Gasteiger partial charge in [0.05, 0.1) is 21.3 Å². The number of benzene rings is 2. The number of thioether (sulfide) groups is 1. The number of ether oxygens (including phenoxy) is 3. The average molecular weight is 387 g/mol. The number of aromatic nitrogens is 1. The molecule has 140 valence electrons. The van der Waals surface area contributed by atoms with Crippen molar-refractivity contribution >= 4 is 34.9 Å². The molecular weight excluding hydrogens is 370 g/mol. The Morgan fingerprint density at radius 2 is 1.74 bits per heavy atom. The van der Waals surface area contributed by atoms with E-state index in [1.165, 1.54) is 27.4 Å². The molecule has 1 N–H and O–H groups in total. The zero-order chi connectivity index (χ0) is 19.4. The highest BCUT2D eigenvalue weighted by atomic mass is 32.2. The van der Waals surface area contributed by atoms with Crippen molar-refractivity contribution in [1.82, 2.24) is 4.98 Å². The smallest absolute Gasteiger partial charge is 0.342 e. The number of methoxy groups -OCH3 is 3. The number of nitrogens with zero attached hydrogens (tertiary/aromatic N) is 1. The molecule has 0 fully saturated rings. The van der Waals surface area contributed by atoms with Gasteiger partial charge < -0.3 is 23.7 Å². The number of hydrogen-bond donors (Lipinski definition) is 1. The Morgan fingerprint density at radius 3 is 2.37 bits per heavy atom. The van der Waals surface area contributed by atoms with Crippen molar-refractivity contribution < 1.29 is 28.5 Å². The zero-order valence-electron chi connectivity index (χ0n) is 14.9. The fourth-order valence-electron chi connectivity index (χ4n) is 2.43. The van der Waals surface area contributed by atoms with Crippen LogP contribution in [0.25, 0.3) is 17.2 Å². The third-order valence-corrected chi connectivity index (χ3v) is 4.57. The second-order valence-electron chi connectivity index (χ2n) is 5.31. The highest BCUT2D eigenvalue weighted by molar-refractivity contribution is 8.03. The number of fused-ring (bicyclic) bond motifs is 1. The molecule has 8 heteroatoms. The van der Waals surface area contributed by atoms with E-state index in [4.69, 9.17) is 18.6 Å². The van der Waals surface area contributed by atoms with Crippen LogP contribution in [0.4, 0.5) is 0 Å². The van der Waals surface area contributed by atoms with Gasteiger partial charge in [0, 0.05) is 11.6 Å². The van der Waals surface area contributed by atoms with Gasteiger partial charge >= 0.3 is 5.97 Å². The molecule has 0 aliphatic carbocycles. The quantitative estimate of drug-likeness (QED) is 0.479. The van der Waals surface area contributed by atoms with E-state index in [1.54, 1.807) is 24.3 Å². The van der Waals surface area contributed by atoms with E-state index in [-0.39, 0.29) is 10.1 Å². The van der Waals surface area contributed by atoms with Crippen molar-refractivity contribution in [3.8, 4) is 17.2 Å². The highest BCUT2D eigenvalue weighted by Gasteiger charge is 2.17. The van der Waals surface area contributed by atoms with Crippen LogP contribution in [0, 0.1) is 0 Å². The summed E-state index contributed by atoms with van der Waals surface area (Å²) in [5.74, 6) is 0.278. The summed E-state index contributed by atoms with van der Waals surface area (Å²) >= 11 is 0.916. The minimum absolute atomic E-state index is 0.0204. The normalized spacial score (nSPS) is 11.4. The monoisotopic (exact) mass is 387 g/mol. The van der Waals surface area contributed by atoms with Gasteiger partial charge in [0.15, 0.2) is 17.1 Å². The molecule has 0 spiro atoms. The van der Waals surface area contributed by atoms with Crippen LogP contribution in [0.15, 0.2) is 50.9 Å². The molecule has 1 heterocycles. The summed E-state index contributed by atoms with van der Waals surface area (Å²) in [6, 6.07) is 10.5. The molecule has 0 amide bonds. The summed E-state index contributed by atoms with van der Waals surface area (Å²) in [6.45, 7) is 0. The Bertz CT molecular complexity index is 978. The van der Waals surface area contributed by atoms with E-state index in [2.05, 4.69) is 4.98 Å². The summed E-state index contributed by atoms with van der Waals surface area (Å²) in [5, 5.41) is 9.85. The summed E-state index contributed by atoms with van der Waals surface area (Å²) in [5.41, 5.74) is 1.78. The largest absolute Gasteiger partial charge is 0.496 e. The average Bonchev–Trinajstić information content (AvgIpc) is 3.09. The van der Waals surface area contributed by atoms with Crippen LogP contribution in [0.1, 0.15) is 5.56 Å². The molecule has 0 aliphatic rings. The Morgan fingerprint density at radius 1 is 1.07 bits per heavy atom. The van der Waals surface area contributed by atoms with Gasteiger partial charge in [0.1, 0.15) is 16.2 Å². The van der Waals surface area contributed by atoms with Gasteiger partial charge in [-0.25, -0.2) is 9.78 Å². The summed E-state index contributed by atoms with van der Waals surface area (Å²) < 4.78 is 21.5. The van der Waals surface area contributed by atoms with E-state index in [0.717, 1.165) is 11.8 Å². The zero-order valence-corrected chi connectivity index (χ0v) is 15.7. The van der Waals surface area contributed by atoms with E-state index < -0.39 is 5.97 Å². The van der Waals surface area contributed by atoms with E-state index in [1.807, 2.05) is 12.1 Å². The molecule has 7 nitrogen and oxygen atoms in total. The number of rotatable bonds is 7. The molecular formula is C19H17NO6S. The van der Waals surface area contributed by atoms with Crippen LogP contribution in [0.3, 0.4) is 0 Å². The Hall–Kier alpha value is -3.13. The van der Waals surface area contributed by atoms with Gasteiger partial charge in [-0.3, -0.25) is 0 Å². The van der Waals surface area contributed by atoms with Gasteiger partial charge in [-0.2, -0.15) is 0 Å². The van der Waals surface area contributed by atoms with Crippen LogP contribution in [-0.4, -0.2) is 37.4 Å². The third-order valence-electron chi connectivity index (χ3n) is 3.70. The first-order valence-corrected chi connectivity index (χ1v) is 8.65. The number of para-hydroxylation sites is 2. The van der Waals surface area contributed by atoms with Gasteiger partial charge in [-0.1, -0.05) is 12.1 Å². The van der Waals surface area contributed by atoms with Crippen molar-refractivity contribution in [2.24, 2.45) is 0 Å². The lowest BCUT2D eigenvalue weighted by atomic mass is 10.1. The lowest BCUT2D eigenvalue weighted by Crippen LogP contribution is -1.99. The van der Waals surface area contributed by atoms with Crippen LogP contribution in [0.2, 0.25) is 0 Å². The first-order valence-electron chi connectivity index (χ1n) is 7.84. The number of carboxylic acid groups (broad SMARTS) is 1. The fourth-order valence-corrected chi connectivity index (χ4v) is 3.17. The molecule has 0 aliphatic heterocycles. The number of oxazole rings is 1. The molecule has 3 rings (SSSR count). The highest BCUT2D eigenvalue weighted by Crippen LogP contribution is 2.38. The van der Waals surface area contributed by atoms with Crippen molar-refractivity contribution in [1.29, 1.82) is 0 Å². The molecule has 2 aromatic carbocycles. The first-order chi connectivity index (χ1) is 13.0. The van der Waals surface area contributed by atoms with Crippen molar-refractivity contribution in [3.63, 3.8) is 0 Å². The molecule has 1 aromatic heterocycles. The molecule has 0 saturated carbocycles. The molecule has 0 atom stereocenters. The van der Waals surface area contributed by atoms with E-state index in [9.17, 15) is 9.90 Å². The van der Waals surface area contributed by atoms with Crippen LogP contribution >= 0.6 is 11.8 Å². The summed E-state index contributed by atoms with van der Waals surface area (Å²) in [6.07, 6.45) is 1.47. The van der Waals surface area contributed by atoms with Crippen molar-refractivity contribution in [3.05, 3.63) is 46.9 Å². The predicted molar refractivity (Wildman–Crippen MR) is 102 cm³/mol. The second kappa shape index (κ2) is 8.05. The first kappa shape index (κ1) is 18.7. The Kier molecular flexibility index (Phi) is 5.56. The van der Waals surface area contributed by atoms with Crippen molar-refractivity contribution in [2.75, 3.05) is 21.3 Å². The second-order valence-corrected chi connectivity index (χ2v) is 6.31. The lowest BCUT2D eigenvalue weighted by molar-refractivity contribution is -0.131. The number of hydrogen-bond acceptors (Lipinski definition) is 7. The third kappa shape index (κ3) is 4.01. The van der Waals surface area contributed by atoms with E-state index >= 15 is 0 Å². The van der Waals surface area contributed by atoms with Gasteiger partial charge in [0.25, 0.3) is 5.22 Å². The van der Waals surface area contributed by atoms with Crippen LogP contribution in [0.5, 0.6) is 17.2 Å². The molecule has 0 bridgehead atoms. The minimum Gasteiger partial charge on any atom is -0.496 e. The van der Waals surface area contributed by atoms with Crippen molar-refractivity contribution in [2.45, 2.75) is 5.22 Å². The fraction of sp³-hybridized carbons (Fsp3) is 0.158. The Balaban J connectivity index is 2.01. The minimum atomic E-state index is -1.11. The number of carbonyl (C=O) groups is 1. The van der Waals surface area contributed by atoms with Gasteiger partial charge in [-0.05, 0) is 36.0 Å². The van der Waals surface area contributed by atoms with Crippen LogP contribution in [-0.2, 0) is 4.79 Å². The van der Waals surface area contributed by atoms with Gasteiger partial charge in [0.2, 0.25) is 0 Å². The molecule has 0 saturated heterocycles. The number of aliphatic carboxylic acids is 1. The maximum absolute atomic E-state index is 11.7. The molecule has 0 unspecified atom stereocenters. The lowest BCUT2D eigenvalue weighted by Gasteiger charge is -2.12. The van der Waals surface area contributed by atoms with E-state index in [0.29, 0.717) is 33.9 Å². The molecule has 0 radical (unpaired) electrons. The Labute approximate surface area is 159 Å². The standard InChI is InChI=1S/C19H17NO6S/c1-23-14-10-16(25-3)15(24-2)8-11(14)9-17(18(21)22)27-19-20-12-6-4-5-7-13(12)26-19/h4-10H,1-3H3,(H,21,22)/b17-9-. The summed E-state index contributed by atoms with van der Waals surface area (Å²) in [7, 11) is 4.51. The maximum atomic E-state index is 11.7. The topological polar surface area (TPSA) is 91.0 Å². The predicted octanol–water partition coefficient (Wildman–Crippen LogP) is 4.07. The SMILES string of the molecule is COc1cc(OC)c(OC)cc1/C=C(\Sc1nc2ccccc2o1)C(=O)O. The molecule has 27 heavy (non-hydrogen) atoms. The van der Waals surface area contributed by atoms with Gasteiger partial charge in [-0.15, -0.1) is 0 Å².